The van der Waals surface area contributed by atoms with E-state index >= 15 is 0 Å². The molecule has 0 aliphatic carbocycles. The van der Waals surface area contributed by atoms with Crippen LogP contribution in [0.15, 0.2) is 0 Å². The third kappa shape index (κ3) is 4.58. The van der Waals surface area contributed by atoms with Crippen LogP contribution in [0.5, 0.6) is 0 Å². The second kappa shape index (κ2) is 6.79. The van der Waals surface area contributed by atoms with Crippen molar-refractivity contribution in [3.8, 4) is 0 Å². The second-order valence-electron chi connectivity index (χ2n) is 3.52. The molecule has 0 spiro atoms. The van der Waals surface area contributed by atoms with Crippen molar-refractivity contribution in [2.45, 2.75) is 19.8 Å². The Morgan fingerprint density at radius 2 is 2.50 bits per heavy atom. The minimum absolute atomic E-state index is 0.113. The van der Waals surface area contributed by atoms with Gasteiger partial charge in [0.1, 0.15) is 0 Å². The summed E-state index contributed by atoms with van der Waals surface area (Å²) in [5, 5.41) is 3.08. The molecule has 0 aromatic heterocycles. The predicted molar refractivity (Wildman–Crippen MR) is 53.0 cm³/mol. The highest BCUT2D eigenvalue weighted by molar-refractivity contribution is 5.69. The fourth-order valence-electron chi connectivity index (χ4n) is 1.36. The quantitative estimate of drug-likeness (QED) is 0.504. The maximum Gasteiger partial charge on any atom is 0.307 e. The number of rotatable bonds is 6. The first kappa shape index (κ1) is 11.5. The van der Waals surface area contributed by atoms with E-state index in [9.17, 15) is 4.79 Å². The van der Waals surface area contributed by atoms with Crippen LogP contribution >= 0.6 is 0 Å². The van der Waals surface area contributed by atoms with Crippen LogP contribution in [0.3, 0.4) is 0 Å². The van der Waals surface area contributed by atoms with Crippen LogP contribution in [0.4, 0.5) is 0 Å². The van der Waals surface area contributed by atoms with Gasteiger partial charge in [-0.2, -0.15) is 0 Å². The van der Waals surface area contributed by atoms with E-state index in [1.807, 2.05) is 6.92 Å². The number of carbonyl (C=O) groups excluding carboxylic acids is 1. The van der Waals surface area contributed by atoms with E-state index in [1.54, 1.807) is 0 Å². The molecule has 1 rings (SSSR count). The number of hydrogen-bond donors (Lipinski definition) is 1. The monoisotopic (exact) mass is 201 g/mol. The molecular formula is C10H19NO3. The van der Waals surface area contributed by atoms with Crippen LogP contribution in [0.25, 0.3) is 0 Å². The molecule has 0 amide bonds. The van der Waals surface area contributed by atoms with Gasteiger partial charge < -0.3 is 14.8 Å². The summed E-state index contributed by atoms with van der Waals surface area (Å²) in [6, 6.07) is 0. The van der Waals surface area contributed by atoms with Gasteiger partial charge in [0.05, 0.1) is 19.6 Å². The molecule has 82 valence electrons. The summed E-state index contributed by atoms with van der Waals surface area (Å²) in [7, 11) is 0. The Labute approximate surface area is 85.0 Å². The van der Waals surface area contributed by atoms with Crippen LogP contribution in [-0.2, 0) is 14.3 Å². The summed E-state index contributed by atoms with van der Waals surface area (Å²) in [6.45, 7) is 5.67. The standard InChI is InChI=1S/C10H19NO3/c1-2-11-5-3-10(12)14-8-9-4-6-13-7-9/h9,11H,2-8H2,1H3. The molecule has 1 heterocycles. The summed E-state index contributed by atoms with van der Waals surface area (Å²) in [6.07, 6.45) is 1.47. The van der Waals surface area contributed by atoms with E-state index < -0.39 is 0 Å². The van der Waals surface area contributed by atoms with Gasteiger partial charge in [-0.05, 0) is 13.0 Å². The molecular weight excluding hydrogens is 182 g/mol. The van der Waals surface area contributed by atoms with Crippen LogP contribution in [0, 0.1) is 5.92 Å². The van der Waals surface area contributed by atoms with Crippen LogP contribution in [0.2, 0.25) is 0 Å². The summed E-state index contributed by atoms with van der Waals surface area (Å²) >= 11 is 0. The highest BCUT2D eigenvalue weighted by Crippen LogP contribution is 2.12. The van der Waals surface area contributed by atoms with Crippen LogP contribution < -0.4 is 5.32 Å². The largest absolute Gasteiger partial charge is 0.465 e. The average molecular weight is 201 g/mol. The van der Waals surface area contributed by atoms with Crippen molar-refractivity contribution in [3.63, 3.8) is 0 Å². The smallest absolute Gasteiger partial charge is 0.307 e. The molecule has 0 aromatic rings. The first-order valence-corrected chi connectivity index (χ1v) is 5.27. The maximum absolute atomic E-state index is 11.2. The predicted octanol–water partition coefficient (Wildman–Crippen LogP) is 0.566. The summed E-state index contributed by atoms with van der Waals surface area (Å²) in [4.78, 5) is 11.2. The average Bonchev–Trinajstić information content (AvgIpc) is 2.68. The maximum atomic E-state index is 11.2. The van der Waals surface area contributed by atoms with E-state index in [1.165, 1.54) is 0 Å². The van der Waals surface area contributed by atoms with Crippen molar-refractivity contribution >= 4 is 5.97 Å². The van der Waals surface area contributed by atoms with Gasteiger partial charge in [0.2, 0.25) is 0 Å². The van der Waals surface area contributed by atoms with Gasteiger partial charge in [0, 0.05) is 19.1 Å². The molecule has 1 aliphatic heterocycles. The zero-order valence-electron chi connectivity index (χ0n) is 8.75. The molecule has 1 N–H and O–H groups in total. The fourth-order valence-corrected chi connectivity index (χ4v) is 1.36. The molecule has 1 atom stereocenters. The minimum Gasteiger partial charge on any atom is -0.465 e. The lowest BCUT2D eigenvalue weighted by atomic mass is 10.1. The third-order valence-electron chi connectivity index (χ3n) is 2.26. The van der Waals surface area contributed by atoms with Gasteiger partial charge in [0.15, 0.2) is 0 Å². The van der Waals surface area contributed by atoms with Gasteiger partial charge in [-0.25, -0.2) is 0 Å². The van der Waals surface area contributed by atoms with Crippen molar-refractivity contribution in [3.05, 3.63) is 0 Å². The molecule has 0 saturated carbocycles. The lowest BCUT2D eigenvalue weighted by molar-refractivity contribution is -0.144. The van der Waals surface area contributed by atoms with Crippen LogP contribution in [0.1, 0.15) is 19.8 Å². The highest BCUT2D eigenvalue weighted by atomic mass is 16.5. The second-order valence-corrected chi connectivity index (χ2v) is 3.52. The van der Waals surface area contributed by atoms with Crippen molar-refractivity contribution < 1.29 is 14.3 Å². The highest BCUT2D eigenvalue weighted by Gasteiger charge is 2.17. The first-order valence-electron chi connectivity index (χ1n) is 5.27. The molecule has 1 saturated heterocycles. The van der Waals surface area contributed by atoms with Gasteiger partial charge >= 0.3 is 5.97 Å². The first-order chi connectivity index (χ1) is 6.83. The topological polar surface area (TPSA) is 47.6 Å². The summed E-state index contributed by atoms with van der Waals surface area (Å²) < 4.78 is 10.3. The van der Waals surface area contributed by atoms with Gasteiger partial charge in [-0.1, -0.05) is 6.92 Å². The lowest BCUT2D eigenvalue weighted by Crippen LogP contribution is -2.20. The Hall–Kier alpha value is -0.610. The summed E-state index contributed by atoms with van der Waals surface area (Å²) in [5.41, 5.74) is 0. The molecule has 4 heteroatoms. The van der Waals surface area contributed by atoms with E-state index in [4.69, 9.17) is 9.47 Å². The molecule has 4 nitrogen and oxygen atoms in total. The van der Waals surface area contributed by atoms with E-state index in [-0.39, 0.29) is 5.97 Å². The third-order valence-corrected chi connectivity index (χ3v) is 2.26. The number of nitrogens with one attached hydrogen (secondary N) is 1. The molecule has 14 heavy (non-hydrogen) atoms. The van der Waals surface area contributed by atoms with Crippen molar-refractivity contribution in [1.82, 2.24) is 5.32 Å². The van der Waals surface area contributed by atoms with Crippen molar-refractivity contribution in [2.24, 2.45) is 5.92 Å². The van der Waals surface area contributed by atoms with E-state index in [0.717, 1.165) is 26.2 Å². The minimum atomic E-state index is -0.113. The van der Waals surface area contributed by atoms with Crippen molar-refractivity contribution in [1.29, 1.82) is 0 Å². The molecule has 1 aliphatic rings. The molecule has 0 bridgehead atoms. The fraction of sp³-hybridized carbons (Fsp3) is 0.900. The normalized spacial score (nSPS) is 21.1. The Morgan fingerprint density at radius 1 is 1.64 bits per heavy atom. The van der Waals surface area contributed by atoms with Gasteiger partial charge in [-0.3, -0.25) is 4.79 Å². The van der Waals surface area contributed by atoms with Gasteiger partial charge in [0.25, 0.3) is 0 Å². The van der Waals surface area contributed by atoms with E-state index in [0.29, 0.717) is 25.5 Å². The van der Waals surface area contributed by atoms with Crippen LogP contribution in [-0.4, -0.2) is 38.9 Å². The Balaban J connectivity index is 1.96. The zero-order chi connectivity index (χ0) is 10.2. The lowest BCUT2D eigenvalue weighted by Gasteiger charge is -2.08. The zero-order valence-corrected chi connectivity index (χ0v) is 8.75. The summed E-state index contributed by atoms with van der Waals surface area (Å²) in [5.74, 6) is 0.302. The molecule has 1 unspecified atom stereocenters. The number of ether oxygens (including phenoxy) is 2. The Kier molecular flexibility index (Phi) is 5.56. The van der Waals surface area contributed by atoms with E-state index in [2.05, 4.69) is 5.32 Å². The van der Waals surface area contributed by atoms with Crippen molar-refractivity contribution in [2.75, 3.05) is 32.9 Å². The molecule has 0 radical (unpaired) electrons. The Bertz CT molecular complexity index is 167. The SMILES string of the molecule is CCNCCC(=O)OCC1CCOC1. The number of hydrogen-bond acceptors (Lipinski definition) is 4. The Morgan fingerprint density at radius 3 is 3.14 bits per heavy atom. The molecule has 0 aromatic carbocycles. The number of esters is 1. The molecule has 1 fully saturated rings. The number of carbonyl (C=O) groups is 1. The van der Waals surface area contributed by atoms with Gasteiger partial charge in [-0.15, -0.1) is 0 Å².